The van der Waals surface area contributed by atoms with E-state index in [9.17, 15) is 0 Å². The van der Waals surface area contributed by atoms with Gasteiger partial charge in [0.1, 0.15) is 5.52 Å². The van der Waals surface area contributed by atoms with Gasteiger partial charge in [-0.15, -0.1) is 5.10 Å². The molecule has 12 heavy (non-hydrogen) atoms. The standard InChI is InChI=1S/C8H6N4/c1-9-6-3-4-7-8(5-6)12(2)11-10-7/h3-5H,2H3. The van der Waals surface area contributed by atoms with Crippen LogP contribution in [0.25, 0.3) is 15.9 Å². The normalized spacial score (nSPS) is 10.0. The van der Waals surface area contributed by atoms with Gasteiger partial charge >= 0.3 is 0 Å². The summed E-state index contributed by atoms with van der Waals surface area (Å²) in [7, 11) is 1.81. The Hall–Kier alpha value is -1.89. The molecule has 1 aromatic heterocycles. The number of fused-ring (bicyclic) bond motifs is 1. The van der Waals surface area contributed by atoms with Gasteiger partial charge in [-0.2, -0.15) is 0 Å². The van der Waals surface area contributed by atoms with Crippen LogP contribution >= 0.6 is 0 Å². The topological polar surface area (TPSA) is 35.1 Å². The van der Waals surface area contributed by atoms with E-state index in [1.807, 2.05) is 7.05 Å². The first-order valence-corrected chi connectivity index (χ1v) is 3.48. The van der Waals surface area contributed by atoms with Gasteiger partial charge in [0.25, 0.3) is 0 Å². The molecule has 0 amide bonds. The molecular formula is C8H6N4. The molecule has 0 N–H and O–H groups in total. The van der Waals surface area contributed by atoms with E-state index in [0.717, 1.165) is 11.0 Å². The first kappa shape index (κ1) is 6.80. The predicted molar refractivity (Wildman–Crippen MR) is 44.8 cm³/mol. The number of rotatable bonds is 0. The Labute approximate surface area is 69.2 Å². The van der Waals surface area contributed by atoms with Gasteiger partial charge in [-0.05, 0) is 12.1 Å². The minimum Gasteiger partial charge on any atom is -0.249 e. The number of hydrogen-bond acceptors (Lipinski definition) is 2. The van der Waals surface area contributed by atoms with Crippen LogP contribution in [0.5, 0.6) is 0 Å². The van der Waals surface area contributed by atoms with Crippen molar-refractivity contribution in [2.24, 2.45) is 7.05 Å². The summed E-state index contributed by atoms with van der Waals surface area (Å²) < 4.78 is 1.66. The van der Waals surface area contributed by atoms with E-state index in [1.54, 1.807) is 22.9 Å². The fraction of sp³-hybridized carbons (Fsp3) is 0.125. The Balaban J connectivity index is 2.82. The monoisotopic (exact) mass is 158 g/mol. The maximum atomic E-state index is 6.82. The van der Waals surface area contributed by atoms with E-state index < -0.39 is 0 Å². The molecule has 0 radical (unpaired) electrons. The average molecular weight is 158 g/mol. The fourth-order valence-electron chi connectivity index (χ4n) is 1.09. The molecule has 0 saturated carbocycles. The summed E-state index contributed by atoms with van der Waals surface area (Å²) in [6.45, 7) is 6.82. The molecule has 2 aromatic rings. The molecule has 1 heterocycles. The molecule has 0 saturated heterocycles. The van der Waals surface area contributed by atoms with E-state index >= 15 is 0 Å². The quantitative estimate of drug-likeness (QED) is 0.545. The highest BCUT2D eigenvalue weighted by Crippen LogP contribution is 2.18. The van der Waals surface area contributed by atoms with Crippen LogP contribution in [-0.4, -0.2) is 15.0 Å². The van der Waals surface area contributed by atoms with Crippen LogP contribution in [0.1, 0.15) is 0 Å². The van der Waals surface area contributed by atoms with Gasteiger partial charge in [0, 0.05) is 7.05 Å². The zero-order valence-electron chi connectivity index (χ0n) is 6.52. The lowest BCUT2D eigenvalue weighted by molar-refractivity contribution is 0.736. The maximum Gasteiger partial charge on any atom is 0.189 e. The van der Waals surface area contributed by atoms with Crippen molar-refractivity contribution in [3.05, 3.63) is 29.6 Å². The third-order valence-corrected chi connectivity index (χ3v) is 1.72. The van der Waals surface area contributed by atoms with Gasteiger partial charge in [-0.25, -0.2) is 9.53 Å². The molecule has 4 nitrogen and oxygen atoms in total. The largest absolute Gasteiger partial charge is 0.249 e. The second-order valence-electron chi connectivity index (χ2n) is 2.50. The highest BCUT2D eigenvalue weighted by Gasteiger charge is 2.00. The third-order valence-electron chi connectivity index (χ3n) is 1.72. The fourth-order valence-corrected chi connectivity index (χ4v) is 1.09. The molecule has 0 bridgehead atoms. The van der Waals surface area contributed by atoms with Crippen molar-refractivity contribution in [3.8, 4) is 0 Å². The van der Waals surface area contributed by atoms with Crippen molar-refractivity contribution in [2.45, 2.75) is 0 Å². The zero-order valence-corrected chi connectivity index (χ0v) is 6.52. The Morgan fingerprint density at radius 3 is 3.08 bits per heavy atom. The van der Waals surface area contributed by atoms with E-state index in [2.05, 4.69) is 15.2 Å². The highest BCUT2D eigenvalue weighted by atomic mass is 15.4. The van der Waals surface area contributed by atoms with Crippen LogP contribution in [0.3, 0.4) is 0 Å². The first-order chi connectivity index (χ1) is 5.81. The Morgan fingerprint density at radius 1 is 1.50 bits per heavy atom. The van der Waals surface area contributed by atoms with Gasteiger partial charge in [0.15, 0.2) is 5.69 Å². The molecule has 0 atom stereocenters. The van der Waals surface area contributed by atoms with Crippen LogP contribution in [0.4, 0.5) is 5.69 Å². The summed E-state index contributed by atoms with van der Waals surface area (Å²) in [5.74, 6) is 0. The van der Waals surface area contributed by atoms with Crippen molar-refractivity contribution < 1.29 is 0 Å². The van der Waals surface area contributed by atoms with E-state index in [1.165, 1.54) is 0 Å². The molecule has 1 aromatic carbocycles. The second-order valence-corrected chi connectivity index (χ2v) is 2.50. The number of hydrogen-bond donors (Lipinski definition) is 0. The zero-order chi connectivity index (χ0) is 8.55. The van der Waals surface area contributed by atoms with Crippen molar-refractivity contribution in [2.75, 3.05) is 0 Å². The molecule has 0 fully saturated rings. The molecule has 0 unspecified atom stereocenters. The molecule has 0 aliphatic heterocycles. The van der Waals surface area contributed by atoms with E-state index in [4.69, 9.17) is 6.57 Å². The van der Waals surface area contributed by atoms with Crippen LogP contribution in [0.2, 0.25) is 0 Å². The number of nitrogens with zero attached hydrogens (tertiary/aromatic N) is 4. The second kappa shape index (κ2) is 2.31. The van der Waals surface area contributed by atoms with Crippen LogP contribution < -0.4 is 0 Å². The molecule has 58 valence electrons. The molecule has 0 aliphatic carbocycles. The van der Waals surface area contributed by atoms with Crippen molar-refractivity contribution >= 4 is 16.7 Å². The smallest absolute Gasteiger partial charge is 0.189 e. The minimum absolute atomic E-state index is 0.618. The van der Waals surface area contributed by atoms with Gasteiger partial charge in [-0.3, -0.25) is 0 Å². The summed E-state index contributed by atoms with van der Waals surface area (Å²) in [4.78, 5) is 3.32. The summed E-state index contributed by atoms with van der Waals surface area (Å²) >= 11 is 0. The van der Waals surface area contributed by atoms with Gasteiger partial charge < -0.3 is 0 Å². The van der Waals surface area contributed by atoms with Crippen LogP contribution in [-0.2, 0) is 7.05 Å². The minimum atomic E-state index is 0.618. The summed E-state index contributed by atoms with van der Waals surface area (Å²) in [5, 5.41) is 7.74. The van der Waals surface area contributed by atoms with Crippen LogP contribution in [0.15, 0.2) is 18.2 Å². The molecule has 4 heteroatoms. The van der Waals surface area contributed by atoms with Gasteiger partial charge in [0.05, 0.1) is 12.1 Å². The lowest BCUT2D eigenvalue weighted by Gasteiger charge is -1.91. The summed E-state index contributed by atoms with van der Waals surface area (Å²) in [6.07, 6.45) is 0. The van der Waals surface area contributed by atoms with Crippen molar-refractivity contribution in [1.29, 1.82) is 0 Å². The number of aromatic nitrogens is 3. The average Bonchev–Trinajstić information content (AvgIpc) is 2.47. The Bertz CT molecular complexity index is 463. The summed E-state index contributed by atoms with van der Waals surface area (Å²) in [6, 6.07) is 5.32. The van der Waals surface area contributed by atoms with Crippen LogP contribution in [0, 0.1) is 6.57 Å². The Morgan fingerprint density at radius 2 is 2.33 bits per heavy atom. The lowest BCUT2D eigenvalue weighted by atomic mass is 10.3. The lowest BCUT2D eigenvalue weighted by Crippen LogP contribution is -1.88. The first-order valence-electron chi connectivity index (χ1n) is 3.48. The highest BCUT2D eigenvalue weighted by molar-refractivity contribution is 5.78. The van der Waals surface area contributed by atoms with Crippen molar-refractivity contribution in [3.63, 3.8) is 0 Å². The molecule has 2 rings (SSSR count). The van der Waals surface area contributed by atoms with E-state index in [-0.39, 0.29) is 0 Å². The predicted octanol–water partition coefficient (Wildman–Crippen LogP) is 1.52. The maximum absolute atomic E-state index is 6.82. The number of benzene rings is 1. The SMILES string of the molecule is [C-]#[N+]c1ccc2nnn(C)c2c1. The molecule has 0 aliphatic rings. The van der Waals surface area contributed by atoms with E-state index in [0.29, 0.717) is 5.69 Å². The number of aryl methyl sites for hydroxylation is 1. The van der Waals surface area contributed by atoms with Crippen molar-refractivity contribution in [1.82, 2.24) is 15.0 Å². The summed E-state index contributed by atoms with van der Waals surface area (Å²) in [5.41, 5.74) is 2.33. The van der Waals surface area contributed by atoms with Gasteiger partial charge in [0.2, 0.25) is 0 Å². The molecular weight excluding hydrogens is 152 g/mol. The third kappa shape index (κ3) is 0.839. The molecule has 0 spiro atoms. The van der Waals surface area contributed by atoms with Gasteiger partial charge in [-0.1, -0.05) is 11.3 Å². The Kier molecular flexibility index (Phi) is 1.31.